The van der Waals surface area contributed by atoms with Crippen LogP contribution in [-0.2, 0) is 6.54 Å². The van der Waals surface area contributed by atoms with Gasteiger partial charge in [-0.15, -0.1) is 0 Å². The van der Waals surface area contributed by atoms with Gasteiger partial charge in [0.05, 0.1) is 6.10 Å². The number of hydrogen-bond donors (Lipinski definition) is 2. The summed E-state index contributed by atoms with van der Waals surface area (Å²) in [6, 6.07) is 10.3. The minimum Gasteiger partial charge on any atom is -0.387 e. The summed E-state index contributed by atoms with van der Waals surface area (Å²) in [4.78, 5) is 0. The molecular weight excluding hydrogens is 265 g/mol. The first-order chi connectivity index (χ1) is 9.97. The maximum Gasteiger partial charge on any atom is 0.123 e. The maximum absolute atomic E-state index is 12.8. The molecule has 2 rings (SSSR count). The lowest BCUT2D eigenvalue weighted by molar-refractivity contribution is 0.174. The largest absolute Gasteiger partial charge is 0.387 e. The van der Waals surface area contributed by atoms with E-state index in [1.807, 2.05) is 0 Å². The number of benzene rings is 2. The summed E-state index contributed by atoms with van der Waals surface area (Å²) >= 11 is 0. The van der Waals surface area contributed by atoms with Gasteiger partial charge in [0.15, 0.2) is 0 Å². The highest BCUT2D eigenvalue weighted by atomic mass is 19.1. The smallest absolute Gasteiger partial charge is 0.123 e. The lowest BCUT2D eigenvalue weighted by Crippen LogP contribution is -2.21. The molecule has 2 aromatic rings. The topological polar surface area (TPSA) is 32.3 Å². The van der Waals surface area contributed by atoms with E-state index in [9.17, 15) is 9.50 Å². The van der Waals surface area contributed by atoms with E-state index in [2.05, 4.69) is 38.2 Å². The van der Waals surface area contributed by atoms with Gasteiger partial charge in [0.1, 0.15) is 5.82 Å². The average Bonchev–Trinajstić information content (AvgIpc) is 2.45. The summed E-state index contributed by atoms with van der Waals surface area (Å²) in [5, 5.41) is 13.3. The van der Waals surface area contributed by atoms with Crippen LogP contribution in [0.5, 0.6) is 0 Å². The quantitative estimate of drug-likeness (QED) is 0.881. The van der Waals surface area contributed by atoms with Crippen LogP contribution in [0.2, 0.25) is 0 Å². The van der Waals surface area contributed by atoms with Crippen molar-refractivity contribution in [2.24, 2.45) is 0 Å². The highest BCUT2D eigenvalue weighted by molar-refractivity contribution is 5.36. The van der Waals surface area contributed by atoms with Gasteiger partial charge in [-0.05, 0) is 60.7 Å². The second kappa shape index (κ2) is 6.83. The first-order valence-corrected chi connectivity index (χ1v) is 7.18. The molecule has 21 heavy (non-hydrogen) atoms. The van der Waals surface area contributed by atoms with Gasteiger partial charge in [0.25, 0.3) is 0 Å². The van der Waals surface area contributed by atoms with Crippen LogP contribution in [0.4, 0.5) is 4.39 Å². The van der Waals surface area contributed by atoms with Crippen LogP contribution >= 0.6 is 0 Å². The number of aliphatic hydroxyl groups excluding tert-OH is 1. The minimum absolute atomic E-state index is 0.287. The van der Waals surface area contributed by atoms with E-state index in [0.717, 1.165) is 5.56 Å². The van der Waals surface area contributed by atoms with E-state index in [0.29, 0.717) is 13.1 Å². The molecule has 0 aliphatic heterocycles. The van der Waals surface area contributed by atoms with Crippen molar-refractivity contribution in [1.82, 2.24) is 5.32 Å². The zero-order valence-corrected chi connectivity index (χ0v) is 12.8. The van der Waals surface area contributed by atoms with Crippen LogP contribution < -0.4 is 5.32 Å². The van der Waals surface area contributed by atoms with Crippen molar-refractivity contribution in [3.8, 4) is 0 Å². The fourth-order valence-electron chi connectivity index (χ4n) is 2.36. The molecule has 0 bridgehead atoms. The van der Waals surface area contributed by atoms with Crippen molar-refractivity contribution in [2.45, 2.75) is 33.4 Å². The summed E-state index contributed by atoms with van der Waals surface area (Å²) < 4.78 is 12.8. The molecule has 0 aliphatic rings. The van der Waals surface area contributed by atoms with E-state index in [4.69, 9.17) is 0 Å². The Morgan fingerprint density at radius 1 is 1.00 bits per heavy atom. The van der Waals surface area contributed by atoms with Crippen molar-refractivity contribution in [2.75, 3.05) is 6.54 Å². The van der Waals surface area contributed by atoms with Gasteiger partial charge in [-0.25, -0.2) is 4.39 Å². The molecule has 1 atom stereocenters. The molecule has 3 heteroatoms. The number of nitrogens with one attached hydrogen (secondary N) is 1. The molecule has 0 radical (unpaired) electrons. The summed E-state index contributed by atoms with van der Waals surface area (Å²) in [5.41, 5.74) is 5.78. The third kappa shape index (κ3) is 4.13. The van der Waals surface area contributed by atoms with Crippen LogP contribution in [0.25, 0.3) is 0 Å². The Morgan fingerprint density at radius 2 is 1.62 bits per heavy atom. The van der Waals surface area contributed by atoms with Crippen LogP contribution in [0.1, 0.15) is 33.9 Å². The van der Waals surface area contributed by atoms with Crippen molar-refractivity contribution >= 4 is 0 Å². The molecular formula is C18H22FNO. The van der Waals surface area contributed by atoms with E-state index in [1.54, 1.807) is 12.1 Å². The van der Waals surface area contributed by atoms with E-state index in [1.165, 1.54) is 34.4 Å². The Morgan fingerprint density at radius 3 is 2.29 bits per heavy atom. The van der Waals surface area contributed by atoms with Gasteiger partial charge in [0, 0.05) is 13.1 Å². The van der Waals surface area contributed by atoms with Crippen molar-refractivity contribution in [3.05, 3.63) is 70.0 Å². The lowest BCUT2D eigenvalue weighted by Gasteiger charge is -2.14. The predicted octanol–water partition coefficient (Wildman–Crippen LogP) is 3.57. The number of aliphatic hydroxyl groups is 1. The maximum atomic E-state index is 12.8. The van der Waals surface area contributed by atoms with Gasteiger partial charge in [-0.1, -0.05) is 24.3 Å². The fourth-order valence-corrected chi connectivity index (χ4v) is 2.36. The van der Waals surface area contributed by atoms with Crippen LogP contribution in [0, 0.1) is 26.6 Å². The van der Waals surface area contributed by atoms with Gasteiger partial charge in [-0.3, -0.25) is 0 Å². The minimum atomic E-state index is -0.627. The number of hydrogen-bond acceptors (Lipinski definition) is 2. The standard InChI is InChI=1S/C18H22FNO/c1-12-8-14(3)16(9-13(12)2)10-20-11-18(21)15-4-6-17(19)7-5-15/h4-9,18,20-21H,10-11H2,1-3H3. The highest BCUT2D eigenvalue weighted by Crippen LogP contribution is 2.16. The van der Waals surface area contributed by atoms with Crippen LogP contribution in [0.15, 0.2) is 36.4 Å². The van der Waals surface area contributed by atoms with Gasteiger partial charge in [-0.2, -0.15) is 0 Å². The second-order valence-electron chi connectivity index (χ2n) is 5.56. The van der Waals surface area contributed by atoms with Gasteiger partial charge >= 0.3 is 0 Å². The molecule has 0 saturated carbocycles. The molecule has 2 nitrogen and oxygen atoms in total. The number of rotatable bonds is 5. The Labute approximate surface area is 125 Å². The molecule has 0 saturated heterocycles. The molecule has 2 N–H and O–H groups in total. The first-order valence-electron chi connectivity index (χ1n) is 7.18. The molecule has 0 heterocycles. The van der Waals surface area contributed by atoms with Crippen molar-refractivity contribution < 1.29 is 9.50 Å². The summed E-state index contributed by atoms with van der Waals surface area (Å²) in [6.07, 6.45) is -0.627. The Hall–Kier alpha value is -1.71. The molecule has 0 amide bonds. The third-order valence-electron chi connectivity index (χ3n) is 3.86. The molecule has 1 unspecified atom stereocenters. The van der Waals surface area contributed by atoms with Gasteiger partial charge in [0.2, 0.25) is 0 Å². The average molecular weight is 287 g/mol. The summed E-state index contributed by atoms with van der Waals surface area (Å²) in [6.45, 7) is 7.46. The predicted molar refractivity (Wildman–Crippen MR) is 83.7 cm³/mol. The van der Waals surface area contributed by atoms with Crippen LogP contribution in [-0.4, -0.2) is 11.7 Å². The normalized spacial score (nSPS) is 12.4. The van der Waals surface area contributed by atoms with Crippen LogP contribution in [0.3, 0.4) is 0 Å². The SMILES string of the molecule is Cc1cc(C)c(CNCC(O)c2ccc(F)cc2)cc1C. The second-order valence-corrected chi connectivity index (χ2v) is 5.56. The van der Waals surface area contributed by atoms with E-state index in [-0.39, 0.29) is 5.82 Å². The molecule has 0 aliphatic carbocycles. The number of aryl methyl sites for hydroxylation is 3. The molecule has 2 aromatic carbocycles. The van der Waals surface area contributed by atoms with Gasteiger partial charge < -0.3 is 10.4 Å². The fraction of sp³-hybridized carbons (Fsp3) is 0.333. The van der Waals surface area contributed by atoms with Crippen molar-refractivity contribution in [3.63, 3.8) is 0 Å². The lowest BCUT2D eigenvalue weighted by atomic mass is 10.0. The monoisotopic (exact) mass is 287 g/mol. The summed E-state index contributed by atoms with van der Waals surface area (Å²) in [5.74, 6) is -0.287. The Kier molecular flexibility index (Phi) is 5.10. The van der Waals surface area contributed by atoms with E-state index < -0.39 is 6.10 Å². The molecule has 112 valence electrons. The van der Waals surface area contributed by atoms with E-state index >= 15 is 0 Å². The summed E-state index contributed by atoms with van der Waals surface area (Å²) in [7, 11) is 0. The molecule has 0 fully saturated rings. The third-order valence-corrected chi connectivity index (χ3v) is 3.86. The van der Waals surface area contributed by atoms with Crippen molar-refractivity contribution in [1.29, 1.82) is 0 Å². The first kappa shape index (κ1) is 15.7. The Bertz CT molecular complexity index is 607. The zero-order valence-electron chi connectivity index (χ0n) is 12.8. The molecule has 0 aromatic heterocycles. The Balaban J connectivity index is 1.92. The highest BCUT2D eigenvalue weighted by Gasteiger charge is 2.08. The molecule has 0 spiro atoms. The zero-order chi connectivity index (χ0) is 15.4. The number of halogens is 1.